The summed E-state index contributed by atoms with van der Waals surface area (Å²) in [6.07, 6.45) is 4.30. The molecule has 1 aromatic heterocycles. The molecule has 0 radical (unpaired) electrons. The third-order valence-corrected chi connectivity index (χ3v) is 3.09. The van der Waals surface area contributed by atoms with E-state index in [0.29, 0.717) is 6.04 Å². The molecule has 0 bridgehead atoms. The van der Waals surface area contributed by atoms with Gasteiger partial charge in [-0.15, -0.1) is 0 Å². The van der Waals surface area contributed by atoms with E-state index in [2.05, 4.69) is 6.92 Å². The molecule has 2 nitrogen and oxygen atoms in total. The molecule has 3 rings (SSSR count). The molecular formula is C13H13NO. The van der Waals surface area contributed by atoms with Crippen LogP contribution >= 0.6 is 0 Å². The van der Waals surface area contributed by atoms with Crippen molar-refractivity contribution in [3.63, 3.8) is 0 Å². The molecule has 1 saturated carbocycles. The lowest BCUT2D eigenvalue weighted by atomic mass is 10.1. The van der Waals surface area contributed by atoms with Gasteiger partial charge in [-0.1, -0.05) is 18.2 Å². The molecule has 1 fully saturated rings. The van der Waals surface area contributed by atoms with Gasteiger partial charge in [0.2, 0.25) is 0 Å². The molecule has 0 saturated heterocycles. The fourth-order valence-electron chi connectivity index (χ4n) is 2.11. The number of aromatic nitrogens is 1. The SMILES string of the molecule is Cc1cn(C2CC2)c(=O)c2ccccc12. The first-order chi connectivity index (χ1) is 7.27. The van der Waals surface area contributed by atoms with Crippen LogP contribution in [0.2, 0.25) is 0 Å². The minimum Gasteiger partial charge on any atom is -0.312 e. The highest BCUT2D eigenvalue weighted by Gasteiger charge is 2.25. The van der Waals surface area contributed by atoms with Gasteiger partial charge in [0.05, 0.1) is 0 Å². The molecule has 1 heterocycles. The van der Waals surface area contributed by atoms with Crippen molar-refractivity contribution in [1.29, 1.82) is 0 Å². The van der Waals surface area contributed by atoms with Gasteiger partial charge < -0.3 is 4.57 Å². The highest BCUT2D eigenvalue weighted by Crippen LogP contribution is 2.34. The molecule has 15 heavy (non-hydrogen) atoms. The Labute approximate surface area is 88.2 Å². The van der Waals surface area contributed by atoms with E-state index < -0.39 is 0 Å². The summed E-state index contributed by atoms with van der Waals surface area (Å²) in [6, 6.07) is 8.31. The standard InChI is InChI=1S/C13H13NO/c1-9-8-14(10-6-7-10)13(15)12-5-3-2-4-11(9)12/h2-5,8,10H,6-7H2,1H3. The van der Waals surface area contributed by atoms with Crippen LogP contribution in [0.4, 0.5) is 0 Å². The predicted molar refractivity (Wildman–Crippen MR) is 61.2 cm³/mol. The van der Waals surface area contributed by atoms with Crippen LogP contribution in [0.25, 0.3) is 10.8 Å². The predicted octanol–water partition coefficient (Wildman–Crippen LogP) is 2.64. The minimum absolute atomic E-state index is 0.165. The third-order valence-electron chi connectivity index (χ3n) is 3.09. The van der Waals surface area contributed by atoms with Crippen LogP contribution in [0, 0.1) is 6.92 Å². The second kappa shape index (κ2) is 2.96. The van der Waals surface area contributed by atoms with E-state index in [1.807, 2.05) is 35.0 Å². The smallest absolute Gasteiger partial charge is 0.258 e. The maximum absolute atomic E-state index is 12.1. The van der Waals surface area contributed by atoms with Crippen molar-refractivity contribution in [3.05, 3.63) is 46.4 Å². The van der Waals surface area contributed by atoms with Gasteiger partial charge in [-0.3, -0.25) is 4.79 Å². The summed E-state index contributed by atoms with van der Waals surface area (Å²) in [4.78, 5) is 12.1. The van der Waals surface area contributed by atoms with Gasteiger partial charge in [-0.2, -0.15) is 0 Å². The number of aryl methyl sites for hydroxylation is 1. The Balaban J connectivity index is 2.41. The zero-order chi connectivity index (χ0) is 10.4. The van der Waals surface area contributed by atoms with Crippen molar-refractivity contribution in [2.24, 2.45) is 0 Å². The Hall–Kier alpha value is -1.57. The van der Waals surface area contributed by atoms with E-state index in [9.17, 15) is 4.79 Å². The van der Waals surface area contributed by atoms with Crippen LogP contribution in [-0.4, -0.2) is 4.57 Å². The number of hydrogen-bond acceptors (Lipinski definition) is 1. The molecule has 0 unspecified atom stereocenters. The fraction of sp³-hybridized carbons (Fsp3) is 0.308. The Morgan fingerprint density at radius 3 is 2.53 bits per heavy atom. The topological polar surface area (TPSA) is 22.0 Å². The van der Waals surface area contributed by atoms with E-state index in [1.54, 1.807) is 0 Å². The highest BCUT2D eigenvalue weighted by molar-refractivity contribution is 5.84. The summed E-state index contributed by atoms with van der Waals surface area (Å²) in [6.45, 7) is 2.07. The normalized spacial score (nSPS) is 15.8. The molecule has 2 heteroatoms. The zero-order valence-corrected chi connectivity index (χ0v) is 8.73. The Bertz CT molecular complexity index is 579. The van der Waals surface area contributed by atoms with Crippen LogP contribution in [0.1, 0.15) is 24.4 Å². The maximum atomic E-state index is 12.1. The van der Waals surface area contributed by atoms with E-state index in [1.165, 1.54) is 5.56 Å². The molecule has 0 spiro atoms. The number of rotatable bonds is 1. The first-order valence-electron chi connectivity index (χ1n) is 5.38. The van der Waals surface area contributed by atoms with Gasteiger partial charge in [-0.05, 0) is 36.8 Å². The number of fused-ring (bicyclic) bond motifs is 1. The minimum atomic E-state index is 0.165. The molecule has 0 amide bonds. The number of pyridine rings is 1. The Kier molecular flexibility index (Phi) is 1.72. The summed E-state index contributed by atoms with van der Waals surface area (Å²) in [5, 5.41) is 1.93. The van der Waals surface area contributed by atoms with E-state index >= 15 is 0 Å². The van der Waals surface area contributed by atoms with E-state index in [-0.39, 0.29) is 5.56 Å². The van der Waals surface area contributed by atoms with Gasteiger partial charge in [0.25, 0.3) is 5.56 Å². The van der Waals surface area contributed by atoms with Crippen LogP contribution in [0.5, 0.6) is 0 Å². The monoisotopic (exact) mass is 199 g/mol. The molecular weight excluding hydrogens is 186 g/mol. The van der Waals surface area contributed by atoms with Gasteiger partial charge in [0.15, 0.2) is 0 Å². The van der Waals surface area contributed by atoms with E-state index in [0.717, 1.165) is 23.6 Å². The summed E-state index contributed by atoms with van der Waals surface area (Å²) in [5.41, 5.74) is 1.36. The van der Waals surface area contributed by atoms with Crippen molar-refractivity contribution in [2.45, 2.75) is 25.8 Å². The molecule has 2 aromatic rings. The average molecular weight is 199 g/mol. The second-order valence-electron chi connectivity index (χ2n) is 4.30. The summed E-state index contributed by atoms with van der Waals surface area (Å²) in [7, 11) is 0. The number of nitrogens with zero attached hydrogens (tertiary/aromatic N) is 1. The fourth-order valence-corrected chi connectivity index (χ4v) is 2.11. The van der Waals surface area contributed by atoms with E-state index in [4.69, 9.17) is 0 Å². The van der Waals surface area contributed by atoms with Crippen LogP contribution in [-0.2, 0) is 0 Å². The van der Waals surface area contributed by atoms with Crippen molar-refractivity contribution >= 4 is 10.8 Å². The lowest BCUT2D eigenvalue weighted by Crippen LogP contribution is -2.19. The first kappa shape index (κ1) is 8.72. The largest absolute Gasteiger partial charge is 0.312 e. The molecule has 0 atom stereocenters. The van der Waals surface area contributed by atoms with Crippen molar-refractivity contribution < 1.29 is 0 Å². The summed E-state index contributed by atoms with van der Waals surface area (Å²) >= 11 is 0. The quantitative estimate of drug-likeness (QED) is 0.692. The van der Waals surface area contributed by atoms with Crippen molar-refractivity contribution in [3.8, 4) is 0 Å². The first-order valence-corrected chi connectivity index (χ1v) is 5.38. The van der Waals surface area contributed by atoms with Gasteiger partial charge >= 0.3 is 0 Å². The third kappa shape index (κ3) is 1.29. The Morgan fingerprint density at radius 1 is 1.20 bits per heavy atom. The molecule has 0 aliphatic heterocycles. The molecule has 0 N–H and O–H groups in total. The molecule has 1 aromatic carbocycles. The van der Waals surface area contributed by atoms with Gasteiger partial charge in [-0.25, -0.2) is 0 Å². The molecule has 1 aliphatic rings. The second-order valence-corrected chi connectivity index (χ2v) is 4.30. The Morgan fingerprint density at radius 2 is 1.87 bits per heavy atom. The van der Waals surface area contributed by atoms with Crippen LogP contribution in [0.15, 0.2) is 35.3 Å². The van der Waals surface area contributed by atoms with Crippen LogP contribution in [0.3, 0.4) is 0 Å². The van der Waals surface area contributed by atoms with Gasteiger partial charge in [0, 0.05) is 17.6 Å². The molecule has 76 valence electrons. The highest BCUT2D eigenvalue weighted by atomic mass is 16.1. The van der Waals surface area contributed by atoms with Gasteiger partial charge in [0.1, 0.15) is 0 Å². The number of benzene rings is 1. The lowest BCUT2D eigenvalue weighted by Gasteiger charge is -2.08. The van der Waals surface area contributed by atoms with Crippen molar-refractivity contribution in [1.82, 2.24) is 4.57 Å². The molecule has 1 aliphatic carbocycles. The number of hydrogen-bond donors (Lipinski definition) is 0. The maximum Gasteiger partial charge on any atom is 0.258 e. The van der Waals surface area contributed by atoms with Crippen LogP contribution < -0.4 is 5.56 Å². The average Bonchev–Trinajstić information content (AvgIpc) is 3.07. The zero-order valence-electron chi connectivity index (χ0n) is 8.73. The lowest BCUT2D eigenvalue weighted by molar-refractivity contribution is 0.711. The summed E-state index contributed by atoms with van der Waals surface area (Å²) in [5.74, 6) is 0. The summed E-state index contributed by atoms with van der Waals surface area (Å²) < 4.78 is 1.90. The van der Waals surface area contributed by atoms with Crippen molar-refractivity contribution in [2.75, 3.05) is 0 Å².